The van der Waals surface area contributed by atoms with Gasteiger partial charge in [0.1, 0.15) is 17.1 Å². The largest absolute Gasteiger partial charge is 0.482 e. The van der Waals surface area contributed by atoms with Crippen LogP contribution in [0.1, 0.15) is 37.5 Å². The van der Waals surface area contributed by atoms with Gasteiger partial charge in [-0.2, -0.15) is 13.2 Å². The molecule has 0 N–H and O–H groups in total. The summed E-state index contributed by atoms with van der Waals surface area (Å²) in [6.45, 7) is 3.59. The number of alkyl halides is 3. The summed E-state index contributed by atoms with van der Waals surface area (Å²) in [4.78, 5) is 24.6. The Morgan fingerprint density at radius 3 is 2.55 bits per heavy atom. The lowest BCUT2D eigenvalue weighted by atomic mass is 10.2. The molecule has 176 valence electrons. The highest BCUT2D eigenvalue weighted by atomic mass is 19.4. The van der Waals surface area contributed by atoms with Gasteiger partial charge in [-0.05, 0) is 43.2 Å². The molecule has 1 heterocycles. The highest BCUT2D eigenvalue weighted by Gasteiger charge is 2.40. The Morgan fingerprint density at radius 1 is 1.06 bits per heavy atom. The van der Waals surface area contributed by atoms with Gasteiger partial charge >= 0.3 is 12.1 Å². The van der Waals surface area contributed by atoms with Crippen LogP contribution in [-0.2, 0) is 15.7 Å². The monoisotopic (exact) mass is 464 g/mol. The fraction of sp³-hybridized carbons (Fsp3) is 0.333. The lowest BCUT2D eigenvalue weighted by Gasteiger charge is -2.14. The number of ether oxygens (including phenoxy) is 3. The number of benzene rings is 2. The second-order valence-electron chi connectivity index (χ2n) is 7.38. The molecule has 3 rings (SSSR count). The van der Waals surface area contributed by atoms with E-state index in [1.165, 1.54) is 24.3 Å². The average Bonchev–Trinajstić information content (AvgIpc) is 2.76. The van der Waals surface area contributed by atoms with Crippen molar-refractivity contribution in [1.29, 1.82) is 0 Å². The van der Waals surface area contributed by atoms with Crippen LogP contribution in [0.3, 0.4) is 0 Å². The smallest absolute Gasteiger partial charge is 0.453 e. The number of aryl methyl sites for hydroxylation is 1. The van der Waals surface area contributed by atoms with Gasteiger partial charge in [-0.3, -0.25) is 4.79 Å². The van der Waals surface area contributed by atoms with E-state index in [-0.39, 0.29) is 29.1 Å². The zero-order valence-electron chi connectivity index (χ0n) is 18.2. The van der Waals surface area contributed by atoms with Gasteiger partial charge in [0.25, 0.3) is 5.76 Å². The van der Waals surface area contributed by atoms with E-state index in [1.807, 2.05) is 6.92 Å². The number of esters is 1. The third-order valence-electron chi connectivity index (χ3n) is 4.66. The molecule has 3 aromatic rings. The predicted octanol–water partition coefficient (Wildman–Crippen LogP) is 6.02. The second kappa shape index (κ2) is 10.4. The molecule has 0 unspecified atom stereocenters. The number of halogens is 3. The van der Waals surface area contributed by atoms with Crippen molar-refractivity contribution in [2.45, 2.75) is 39.3 Å². The SMILES string of the molecule is CCCCCOC(=O)COc1ccc2c(=O)c(Oc3cccc(C)c3)c(C(F)(F)F)oc2c1. The molecule has 9 heteroatoms. The molecule has 0 bridgehead atoms. The van der Waals surface area contributed by atoms with Crippen molar-refractivity contribution >= 4 is 16.9 Å². The number of rotatable bonds is 9. The zero-order valence-corrected chi connectivity index (χ0v) is 18.2. The highest BCUT2D eigenvalue weighted by molar-refractivity contribution is 5.80. The topological polar surface area (TPSA) is 75.0 Å². The van der Waals surface area contributed by atoms with Gasteiger partial charge in [0, 0.05) is 6.07 Å². The maximum atomic E-state index is 13.7. The van der Waals surface area contributed by atoms with E-state index >= 15 is 0 Å². The Balaban J connectivity index is 1.87. The minimum Gasteiger partial charge on any atom is -0.482 e. The molecule has 0 radical (unpaired) electrons. The second-order valence-corrected chi connectivity index (χ2v) is 7.38. The quantitative estimate of drug-likeness (QED) is 0.285. The van der Waals surface area contributed by atoms with Crippen molar-refractivity contribution in [3.63, 3.8) is 0 Å². The number of hydrogen-bond acceptors (Lipinski definition) is 6. The lowest BCUT2D eigenvalue weighted by Crippen LogP contribution is -2.16. The molecular formula is C24H23F3O6. The molecule has 0 saturated carbocycles. The number of unbranched alkanes of at least 4 members (excludes halogenated alkanes) is 2. The lowest BCUT2D eigenvalue weighted by molar-refractivity contribution is -0.154. The van der Waals surface area contributed by atoms with Crippen LogP contribution in [-0.4, -0.2) is 19.2 Å². The summed E-state index contributed by atoms with van der Waals surface area (Å²) in [7, 11) is 0. The Morgan fingerprint density at radius 2 is 1.85 bits per heavy atom. The van der Waals surface area contributed by atoms with Crippen molar-refractivity contribution in [3.8, 4) is 17.2 Å². The molecule has 2 aromatic carbocycles. The summed E-state index contributed by atoms with van der Waals surface area (Å²) < 4.78 is 61.6. The van der Waals surface area contributed by atoms with Crippen LogP contribution in [0.2, 0.25) is 0 Å². The first kappa shape index (κ1) is 24.2. The number of carbonyl (C=O) groups excluding carboxylic acids is 1. The van der Waals surface area contributed by atoms with Crippen LogP contribution in [0.15, 0.2) is 51.7 Å². The molecule has 0 aliphatic rings. The Labute approximate surface area is 187 Å². The van der Waals surface area contributed by atoms with Crippen LogP contribution >= 0.6 is 0 Å². The summed E-state index contributed by atoms with van der Waals surface area (Å²) in [6, 6.07) is 10.0. The van der Waals surface area contributed by atoms with Crippen molar-refractivity contribution < 1.29 is 36.6 Å². The molecule has 6 nitrogen and oxygen atoms in total. The van der Waals surface area contributed by atoms with Crippen LogP contribution in [0, 0.1) is 6.92 Å². The number of carbonyl (C=O) groups is 1. The predicted molar refractivity (Wildman–Crippen MR) is 115 cm³/mol. The van der Waals surface area contributed by atoms with Gasteiger partial charge in [0.05, 0.1) is 12.0 Å². The van der Waals surface area contributed by atoms with Crippen molar-refractivity contribution in [2.75, 3.05) is 13.2 Å². The van der Waals surface area contributed by atoms with Crippen molar-refractivity contribution in [2.24, 2.45) is 0 Å². The normalized spacial score (nSPS) is 11.4. The number of hydrogen-bond donors (Lipinski definition) is 0. The molecular weight excluding hydrogens is 441 g/mol. The Hall–Kier alpha value is -3.49. The molecule has 0 atom stereocenters. The first-order chi connectivity index (χ1) is 15.7. The molecule has 0 fully saturated rings. The van der Waals surface area contributed by atoms with E-state index in [9.17, 15) is 22.8 Å². The highest BCUT2D eigenvalue weighted by Crippen LogP contribution is 2.38. The van der Waals surface area contributed by atoms with Crippen LogP contribution in [0.5, 0.6) is 17.2 Å². The van der Waals surface area contributed by atoms with E-state index in [4.69, 9.17) is 18.6 Å². The van der Waals surface area contributed by atoms with Gasteiger partial charge in [-0.15, -0.1) is 0 Å². The third kappa shape index (κ3) is 6.27. The fourth-order valence-corrected chi connectivity index (χ4v) is 3.04. The van der Waals surface area contributed by atoms with E-state index in [2.05, 4.69) is 0 Å². The van der Waals surface area contributed by atoms with Crippen molar-refractivity contribution in [3.05, 3.63) is 64.0 Å². The van der Waals surface area contributed by atoms with Crippen LogP contribution < -0.4 is 14.9 Å². The van der Waals surface area contributed by atoms with Gasteiger partial charge in [-0.1, -0.05) is 31.9 Å². The van der Waals surface area contributed by atoms with Gasteiger partial charge < -0.3 is 18.6 Å². The van der Waals surface area contributed by atoms with Crippen LogP contribution in [0.4, 0.5) is 13.2 Å². The number of fused-ring (bicyclic) bond motifs is 1. The summed E-state index contributed by atoms with van der Waals surface area (Å²) in [5, 5.41) is -0.125. The minimum absolute atomic E-state index is 0.0524. The van der Waals surface area contributed by atoms with E-state index in [0.717, 1.165) is 30.9 Å². The molecule has 0 aliphatic carbocycles. The molecule has 0 spiro atoms. The van der Waals surface area contributed by atoms with Crippen LogP contribution in [0.25, 0.3) is 11.0 Å². The molecule has 1 aromatic heterocycles. The third-order valence-corrected chi connectivity index (χ3v) is 4.66. The molecule has 33 heavy (non-hydrogen) atoms. The summed E-state index contributed by atoms with van der Waals surface area (Å²) >= 11 is 0. The first-order valence-corrected chi connectivity index (χ1v) is 10.4. The standard InChI is InChI=1S/C24H23F3O6/c1-3-4-5-11-30-20(28)14-31-16-9-10-18-19(13-16)33-23(24(25,26)27)22(21(18)29)32-17-8-6-7-15(2)12-17/h6-10,12-13H,3-5,11,14H2,1-2H3. The van der Waals surface area contributed by atoms with E-state index < -0.39 is 35.7 Å². The Bertz CT molecular complexity index is 1180. The first-order valence-electron chi connectivity index (χ1n) is 10.4. The van der Waals surface area contributed by atoms with Gasteiger partial charge in [-0.25, -0.2) is 4.79 Å². The van der Waals surface area contributed by atoms with E-state index in [1.54, 1.807) is 19.1 Å². The maximum absolute atomic E-state index is 13.7. The summed E-state index contributed by atoms with van der Waals surface area (Å²) in [5.74, 6) is -2.99. The van der Waals surface area contributed by atoms with Gasteiger partial charge in [0.2, 0.25) is 11.2 Å². The maximum Gasteiger partial charge on any atom is 0.453 e. The minimum atomic E-state index is -4.98. The molecule has 0 aliphatic heterocycles. The van der Waals surface area contributed by atoms with E-state index in [0.29, 0.717) is 0 Å². The average molecular weight is 464 g/mol. The summed E-state index contributed by atoms with van der Waals surface area (Å²) in [5.41, 5.74) is -0.582. The van der Waals surface area contributed by atoms with Crippen molar-refractivity contribution in [1.82, 2.24) is 0 Å². The fourth-order valence-electron chi connectivity index (χ4n) is 3.04. The molecule has 0 amide bonds. The van der Waals surface area contributed by atoms with Gasteiger partial charge in [0.15, 0.2) is 6.61 Å². The zero-order chi connectivity index (χ0) is 24.0. The summed E-state index contributed by atoms with van der Waals surface area (Å²) in [6.07, 6.45) is -2.34. The molecule has 0 saturated heterocycles. The Kier molecular flexibility index (Phi) is 7.63.